The van der Waals surface area contributed by atoms with Gasteiger partial charge in [-0.3, -0.25) is 13.8 Å². The van der Waals surface area contributed by atoms with Crippen LogP contribution in [0.4, 0.5) is 0 Å². The van der Waals surface area contributed by atoms with E-state index in [1.807, 2.05) is 6.08 Å². The number of unbranched alkanes of at least 4 members (excludes halogenated alkanes) is 20. The Labute approximate surface area is 350 Å². The topological polar surface area (TPSA) is 131 Å². The molecule has 0 fully saturated rings. The third-order valence-electron chi connectivity index (χ3n) is 9.77. The molecule has 3 unspecified atom stereocenters. The molecule has 3 atom stereocenters. The number of aliphatic hydroxyl groups excluding tert-OH is 1. The molecule has 330 valence electrons. The summed E-state index contributed by atoms with van der Waals surface area (Å²) in [5.74, 6) is -0.229. The van der Waals surface area contributed by atoms with E-state index in [0.717, 1.165) is 77.0 Å². The van der Waals surface area contributed by atoms with Crippen LogP contribution in [0.25, 0.3) is 0 Å². The first-order valence-corrected chi connectivity index (χ1v) is 24.6. The largest absolute Gasteiger partial charge is 0.472 e. The molecule has 57 heavy (non-hydrogen) atoms. The number of carbonyl (C=O) groups excluding carboxylic acids is 1. The smallest absolute Gasteiger partial charge is 0.387 e. The average molecular weight is 819 g/mol. The van der Waals surface area contributed by atoms with E-state index in [1.165, 1.54) is 96.3 Å². The Morgan fingerprint density at radius 1 is 0.596 bits per heavy atom. The van der Waals surface area contributed by atoms with Gasteiger partial charge in [0.1, 0.15) is 0 Å². The molecular weight excluding hydrogens is 732 g/mol. The number of aliphatic hydroxyl groups is 1. The first kappa shape index (κ1) is 54.9. The maximum Gasteiger partial charge on any atom is 0.472 e. The first-order valence-electron chi connectivity index (χ1n) is 23.1. The predicted molar refractivity (Wildman–Crippen MR) is 244 cm³/mol. The SMILES string of the molecule is CC/C=C\C/C=C\C/C=C\C/C=C\CCCCCCC(=O)NC(COP(=O)(O)OCCN)C(O)/C=C/CC/C=C/CCCCCCCCCCCCCCCCC. The molecule has 8 nitrogen and oxygen atoms in total. The van der Waals surface area contributed by atoms with Crippen LogP contribution in [0.1, 0.15) is 194 Å². The molecule has 0 rings (SSSR count). The molecule has 0 radical (unpaired) electrons. The Hall–Kier alpha value is -2.06. The van der Waals surface area contributed by atoms with Crippen molar-refractivity contribution in [3.05, 3.63) is 72.9 Å². The minimum absolute atomic E-state index is 0.0663. The van der Waals surface area contributed by atoms with E-state index in [-0.39, 0.29) is 25.7 Å². The highest BCUT2D eigenvalue weighted by Crippen LogP contribution is 2.43. The monoisotopic (exact) mass is 819 g/mol. The molecule has 0 bridgehead atoms. The van der Waals surface area contributed by atoms with Crippen molar-refractivity contribution >= 4 is 13.7 Å². The normalized spacial score (nSPS) is 14.7. The number of hydrogen-bond acceptors (Lipinski definition) is 6. The maximum atomic E-state index is 12.8. The van der Waals surface area contributed by atoms with E-state index < -0.39 is 20.0 Å². The van der Waals surface area contributed by atoms with Gasteiger partial charge < -0.3 is 21.1 Å². The van der Waals surface area contributed by atoms with Crippen molar-refractivity contribution in [2.45, 2.75) is 206 Å². The fourth-order valence-electron chi connectivity index (χ4n) is 6.31. The fourth-order valence-corrected chi connectivity index (χ4v) is 7.07. The minimum Gasteiger partial charge on any atom is -0.387 e. The Balaban J connectivity index is 4.27. The zero-order valence-corrected chi connectivity index (χ0v) is 37.4. The van der Waals surface area contributed by atoms with E-state index >= 15 is 0 Å². The van der Waals surface area contributed by atoms with Crippen LogP contribution >= 0.6 is 7.82 Å². The van der Waals surface area contributed by atoms with E-state index in [1.54, 1.807) is 6.08 Å². The number of nitrogens with one attached hydrogen (secondary N) is 1. The second kappa shape index (κ2) is 43.5. The molecule has 9 heteroatoms. The van der Waals surface area contributed by atoms with Crippen LogP contribution in [0.15, 0.2) is 72.9 Å². The van der Waals surface area contributed by atoms with Gasteiger partial charge in [0.15, 0.2) is 0 Å². The molecule has 0 saturated carbocycles. The Morgan fingerprint density at radius 3 is 1.56 bits per heavy atom. The van der Waals surface area contributed by atoms with Crippen LogP contribution in [0.5, 0.6) is 0 Å². The molecule has 0 saturated heterocycles. The number of phosphoric ester groups is 1. The van der Waals surface area contributed by atoms with Gasteiger partial charge in [-0.1, -0.05) is 189 Å². The van der Waals surface area contributed by atoms with Crippen LogP contribution in [0.2, 0.25) is 0 Å². The fraction of sp³-hybridized carbons (Fsp3) is 0.729. The number of carbonyl (C=O) groups is 1. The molecular formula is C48H87N2O6P. The van der Waals surface area contributed by atoms with Crippen molar-refractivity contribution in [2.75, 3.05) is 19.8 Å². The zero-order valence-electron chi connectivity index (χ0n) is 36.6. The van der Waals surface area contributed by atoms with E-state index in [4.69, 9.17) is 14.8 Å². The molecule has 0 aromatic rings. The summed E-state index contributed by atoms with van der Waals surface area (Å²) in [6.45, 7) is 3.98. The summed E-state index contributed by atoms with van der Waals surface area (Å²) >= 11 is 0. The highest BCUT2D eigenvalue weighted by Gasteiger charge is 2.26. The molecule has 0 aromatic carbocycles. The van der Waals surface area contributed by atoms with Gasteiger partial charge in [-0.25, -0.2) is 4.57 Å². The highest BCUT2D eigenvalue weighted by atomic mass is 31.2. The van der Waals surface area contributed by atoms with Crippen molar-refractivity contribution in [1.29, 1.82) is 0 Å². The van der Waals surface area contributed by atoms with Crippen LogP contribution in [0, 0.1) is 0 Å². The summed E-state index contributed by atoms with van der Waals surface area (Å²) in [6.07, 6.45) is 56.8. The van der Waals surface area contributed by atoms with E-state index in [2.05, 4.69) is 79.9 Å². The van der Waals surface area contributed by atoms with Crippen LogP contribution in [0.3, 0.4) is 0 Å². The third kappa shape index (κ3) is 41.9. The summed E-state index contributed by atoms with van der Waals surface area (Å²) in [5.41, 5.74) is 5.37. The molecule has 0 aromatic heterocycles. The van der Waals surface area contributed by atoms with Crippen LogP contribution < -0.4 is 11.1 Å². The predicted octanol–water partition coefficient (Wildman–Crippen LogP) is 13.2. The standard InChI is InChI=1S/C48H87N2O6P/c1-3-5-7-9-11-13-15-17-19-21-22-23-24-26-27-29-31-33-35-37-39-41-47(51)46(45-56-57(53,54)55-44-43-49)50-48(52)42-40-38-36-34-32-30-28-25-20-18-16-14-12-10-8-6-4-2/h6,8,12,14,18,20,28,30-31,33,39,41,46-47,51H,3-5,7,9-11,13,15-17,19,21-27,29,32,34-38,40,42-45,49H2,1-2H3,(H,50,52)(H,53,54)/b8-6-,14-12-,20-18-,30-28-,33-31+,41-39+. The van der Waals surface area contributed by atoms with Gasteiger partial charge in [-0.15, -0.1) is 0 Å². The van der Waals surface area contributed by atoms with Gasteiger partial charge in [0.25, 0.3) is 0 Å². The third-order valence-corrected chi connectivity index (χ3v) is 10.8. The molecule has 0 aliphatic carbocycles. The van der Waals surface area contributed by atoms with E-state index in [9.17, 15) is 19.4 Å². The van der Waals surface area contributed by atoms with Crippen molar-refractivity contribution in [1.82, 2.24) is 5.32 Å². The van der Waals surface area contributed by atoms with Gasteiger partial charge in [0.2, 0.25) is 5.91 Å². The summed E-state index contributed by atoms with van der Waals surface area (Å²) < 4.78 is 22.1. The summed E-state index contributed by atoms with van der Waals surface area (Å²) in [7, 11) is -4.36. The Kier molecular flexibility index (Phi) is 41.9. The number of rotatable bonds is 42. The van der Waals surface area contributed by atoms with E-state index in [0.29, 0.717) is 6.42 Å². The molecule has 0 aliphatic rings. The van der Waals surface area contributed by atoms with Gasteiger partial charge in [-0.2, -0.15) is 0 Å². The number of nitrogens with two attached hydrogens (primary N) is 1. The van der Waals surface area contributed by atoms with Crippen molar-refractivity contribution in [3.8, 4) is 0 Å². The molecule has 0 aliphatic heterocycles. The van der Waals surface area contributed by atoms with Gasteiger partial charge in [0.05, 0.1) is 25.4 Å². The lowest BCUT2D eigenvalue weighted by Gasteiger charge is -2.23. The Morgan fingerprint density at radius 2 is 1.04 bits per heavy atom. The summed E-state index contributed by atoms with van der Waals surface area (Å²) in [6, 6.07) is -0.894. The van der Waals surface area contributed by atoms with Gasteiger partial charge in [0, 0.05) is 13.0 Å². The van der Waals surface area contributed by atoms with Gasteiger partial charge in [-0.05, 0) is 70.6 Å². The maximum absolute atomic E-state index is 12.8. The lowest BCUT2D eigenvalue weighted by Crippen LogP contribution is -2.45. The highest BCUT2D eigenvalue weighted by molar-refractivity contribution is 7.47. The zero-order chi connectivity index (χ0) is 41.8. The van der Waals surface area contributed by atoms with Crippen LogP contribution in [-0.2, 0) is 18.4 Å². The first-order chi connectivity index (χ1) is 27.9. The number of phosphoric acid groups is 1. The second-order valence-corrected chi connectivity index (χ2v) is 16.7. The molecule has 0 heterocycles. The number of amides is 1. The Bertz CT molecular complexity index is 1120. The minimum atomic E-state index is -4.36. The van der Waals surface area contributed by atoms with Crippen LogP contribution in [-0.4, -0.2) is 47.8 Å². The molecule has 1 amide bonds. The lowest BCUT2D eigenvalue weighted by molar-refractivity contribution is -0.123. The lowest BCUT2D eigenvalue weighted by atomic mass is 10.0. The average Bonchev–Trinajstić information content (AvgIpc) is 3.20. The summed E-state index contributed by atoms with van der Waals surface area (Å²) in [4.78, 5) is 22.7. The summed E-state index contributed by atoms with van der Waals surface area (Å²) in [5, 5.41) is 13.7. The number of allylic oxidation sites excluding steroid dienone is 11. The van der Waals surface area contributed by atoms with Crippen molar-refractivity contribution in [3.63, 3.8) is 0 Å². The number of hydrogen-bond donors (Lipinski definition) is 4. The van der Waals surface area contributed by atoms with Crippen molar-refractivity contribution in [2.24, 2.45) is 5.73 Å². The second-order valence-electron chi connectivity index (χ2n) is 15.2. The van der Waals surface area contributed by atoms with Gasteiger partial charge >= 0.3 is 7.82 Å². The van der Waals surface area contributed by atoms with Crippen molar-refractivity contribution < 1.29 is 28.4 Å². The molecule has 5 N–H and O–H groups in total. The molecule has 0 spiro atoms. The quantitative estimate of drug-likeness (QED) is 0.0274.